The van der Waals surface area contributed by atoms with E-state index in [2.05, 4.69) is 11.6 Å². The molecule has 1 heterocycles. The first-order chi connectivity index (χ1) is 10.9. The number of likely N-dealkylation sites (tertiary alicyclic amines) is 1. The summed E-state index contributed by atoms with van der Waals surface area (Å²) in [5, 5.41) is 0. The van der Waals surface area contributed by atoms with Gasteiger partial charge in [0.2, 0.25) is 15.9 Å². The number of ether oxygens (including phenoxy) is 1. The molecule has 0 radical (unpaired) electrons. The molecule has 1 amide bonds. The number of rotatable bonds is 6. The molecule has 0 unspecified atom stereocenters. The molecule has 1 aliphatic heterocycles. The third-order valence-corrected chi connectivity index (χ3v) is 6.13. The fraction of sp³-hybridized carbons (Fsp3) is 0.938. The molecule has 23 heavy (non-hydrogen) atoms. The SMILES string of the molecule is CCO[C@@H]1CCCN(C(=O)CS(=O)(=O)NC2CCC(C)CC2)C1. The summed E-state index contributed by atoms with van der Waals surface area (Å²) in [6.45, 7) is 5.87. The molecule has 6 nitrogen and oxygen atoms in total. The predicted octanol–water partition coefficient (Wildman–Crippen LogP) is 1.51. The Morgan fingerprint density at radius 3 is 2.57 bits per heavy atom. The van der Waals surface area contributed by atoms with E-state index in [1.54, 1.807) is 4.90 Å². The van der Waals surface area contributed by atoms with Gasteiger partial charge in [-0.15, -0.1) is 0 Å². The minimum absolute atomic E-state index is 0.0125. The van der Waals surface area contributed by atoms with Gasteiger partial charge in [-0.1, -0.05) is 6.92 Å². The molecule has 0 aromatic heterocycles. The Balaban J connectivity index is 1.83. The summed E-state index contributed by atoms with van der Waals surface area (Å²) in [5.41, 5.74) is 0. The quantitative estimate of drug-likeness (QED) is 0.791. The summed E-state index contributed by atoms with van der Waals surface area (Å²) >= 11 is 0. The van der Waals surface area contributed by atoms with Crippen molar-refractivity contribution in [3.8, 4) is 0 Å². The van der Waals surface area contributed by atoms with Crippen molar-refractivity contribution >= 4 is 15.9 Å². The van der Waals surface area contributed by atoms with Crippen molar-refractivity contribution in [3.05, 3.63) is 0 Å². The van der Waals surface area contributed by atoms with Gasteiger partial charge in [-0.2, -0.15) is 0 Å². The van der Waals surface area contributed by atoms with E-state index < -0.39 is 15.8 Å². The van der Waals surface area contributed by atoms with Crippen LogP contribution in [0.3, 0.4) is 0 Å². The standard InChI is InChI=1S/C16H30N2O4S/c1-3-22-15-5-4-10-18(11-15)16(19)12-23(20,21)17-14-8-6-13(2)7-9-14/h13-15,17H,3-12H2,1-2H3/t13?,14?,15-/m1/s1. The average molecular weight is 346 g/mol. The Labute approximate surface area is 140 Å². The van der Waals surface area contributed by atoms with Crippen LogP contribution in [0, 0.1) is 5.92 Å². The van der Waals surface area contributed by atoms with Gasteiger partial charge >= 0.3 is 0 Å². The van der Waals surface area contributed by atoms with Crippen molar-refractivity contribution in [2.45, 2.75) is 64.5 Å². The predicted molar refractivity (Wildman–Crippen MR) is 89.6 cm³/mol. The zero-order valence-corrected chi connectivity index (χ0v) is 15.1. The number of hydrogen-bond donors (Lipinski definition) is 1. The summed E-state index contributed by atoms with van der Waals surface area (Å²) in [6, 6.07) is -0.0125. The highest BCUT2D eigenvalue weighted by atomic mass is 32.2. The first-order valence-electron chi connectivity index (χ1n) is 8.79. The molecule has 0 aromatic carbocycles. The van der Waals surface area contributed by atoms with E-state index >= 15 is 0 Å². The Bertz CT molecular complexity index is 484. The molecule has 1 aliphatic carbocycles. The Kier molecular flexibility index (Phi) is 6.85. The first kappa shape index (κ1) is 18.7. The van der Waals surface area contributed by atoms with Crippen molar-refractivity contribution in [3.63, 3.8) is 0 Å². The van der Waals surface area contributed by atoms with Crippen LogP contribution in [0.4, 0.5) is 0 Å². The maximum absolute atomic E-state index is 12.3. The number of hydrogen-bond acceptors (Lipinski definition) is 4. The maximum atomic E-state index is 12.3. The number of carbonyl (C=O) groups excluding carboxylic acids is 1. The van der Waals surface area contributed by atoms with Gasteiger partial charge < -0.3 is 9.64 Å². The first-order valence-corrected chi connectivity index (χ1v) is 10.4. The van der Waals surface area contributed by atoms with E-state index in [1.807, 2.05) is 6.92 Å². The van der Waals surface area contributed by atoms with Gasteiger partial charge in [0.15, 0.2) is 0 Å². The lowest BCUT2D eigenvalue weighted by atomic mass is 9.88. The van der Waals surface area contributed by atoms with E-state index in [1.165, 1.54) is 0 Å². The molecule has 0 spiro atoms. The number of carbonyl (C=O) groups is 1. The third-order valence-electron chi connectivity index (χ3n) is 4.81. The summed E-state index contributed by atoms with van der Waals surface area (Å²) in [4.78, 5) is 13.9. The van der Waals surface area contributed by atoms with Gasteiger partial charge in [-0.25, -0.2) is 13.1 Å². The van der Waals surface area contributed by atoms with E-state index in [-0.39, 0.29) is 18.1 Å². The highest BCUT2D eigenvalue weighted by Crippen LogP contribution is 2.24. The fourth-order valence-corrected chi connectivity index (χ4v) is 4.80. The van der Waals surface area contributed by atoms with Crippen LogP contribution in [0.2, 0.25) is 0 Å². The molecule has 0 bridgehead atoms. The Hall–Kier alpha value is -0.660. The molecule has 2 fully saturated rings. The van der Waals surface area contributed by atoms with E-state index in [0.29, 0.717) is 25.6 Å². The number of nitrogens with one attached hydrogen (secondary N) is 1. The topological polar surface area (TPSA) is 75.7 Å². The largest absolute Gasteiger partial charge is 0.377 e. The molecule has 7 heteroatoms. The van der Waals surface area contributed by atoms with Crippen LogP contribution >= 0.6 is 0 Å². The summed E-state index contributed by atoms with van der Waals surface area (Å²) < 4.78 is 32.8. The fourth-order valence-electron chi connectivity index (χ4n) is 3.46. The molecule has 1 N–H and O–H groups in total. The van der Waals surface area contributed by atoms with Crippen LogP contribution in [0.5, 0.6) is 0 Å². The summed E-state index contributed by atoms with van der Waals surface area (Å²) in [6.07, 6.45) is 5.66. The van der Waals surface area contributed by atoms with Crippen LogP contribution in [0.1, 0.15) is 52.4 Å². The van der Waals surface area contributed by atoms with Crippen LogP contribution in [0.15, 0.2) is 0 Å². The molecular weight excluding hydrogens is 316 g/mol. The van der Waals surface area contributed by atoms with E-state index in [0.717, 1.165) is 38.5 Å². The number of piperidine rings is 1. The molecular formula is C16H30N2O4S. The molecule has 1 saturated carbocycles. The lowest BCUT2D eigenvalue weighted by Gasteiger charge is -2.32. The van der Waals surface area contributed by atoms with Crippen LogP contribution in [-0.4, -0.2) is 56.8 Å². The lowest BCUT2D eigenvalue weighted by Crippen LogP contribution is -2.48. The molecule has 0 aromatic rings. The summed E-state index contributed by atoms with van der Waals surface area (Å²) in [5.74, 6) is -0.0925. The van der Waals surface area contributed by atoms with Crippen LogP contribution in [0.25, 0.3) is 0 Å². The number of nitrogens with zero attached hydrogens (tertiary/aromatic N) is 1. The highest BCUT2D eigenvalue weighted by Gasteiger charge is 2.29. The third kappa shape index (κ3) is 6.04. The monoisotopic (exact) mass is 346 g/mol. The van der Waals surface area contributed by atoms with Crippen molar-refractivity contribution in [1.29, 1.82) is 0 Å². The molecule has 1 atom stereocenters. The summed E-state index contributed by atoms with van der Waals surface area (Å²) in [7, 11) is -3.56. The van der Waals surface area contributed by atoms with Crippen molar-refractivity contribution < 1.29 is 17.9 Å². The smallest absolute Gasteiger partial charge is 0.239 e. The van der Waals surface area contributed by atoms with E-state index in [4.69, 9.17) is 4.74 Å². The normalized spacial score (nSPS) is 29.5. The molecule has 1 saturated heterocycles. The van der Waals surface area contributed by atoms with Gasteiger partial charge in [-0.3, -0.25) is 4.79 Å². The second kappa shape index (κ2) is 8.44. The zero-order chi connectivity index (χ0) is 16.9. The minimum Gasteiger partial charge on any atom is -0.377 e. The number of amides is 1. The maximum Gasteiger partial charge on any atom is 0.239 e. The van der Waals surface area contributed by atoms with Gasteiger partial charge in [0.1, 0.15) is 5.75 Å². The van der Waals surface area contributed by atoms with Gasteiger partial charge in [0.05, 0.1) is 6.10 Å². The van der Waals surface area contributed by atoms with Gasteiger partial charge in [0, 0.05) is 25.7 Å². The van der Waals surface area contributed by atoms with Crippen LogP contribution < -0.4 is 4.72 Å². The van der Waals surface area contributed by atoms with Gasteiger partial charge in [0.25, 0.3) is 0 Å². The van der Waals surface area contributed by atoms with Crippen molar-refractivity contribution in [2.24, 2.45) is 5.92 Å². The second-order valence-corrected chi connectivity index (χ2v) is 8.65. The molecule has 134 valence electrons. The highest BCUT2D eigenvalue weighted by molar-refractivity contribution is 7.90. The second-order valence-electron chi connectivity index (χ2n) is 6.89. The Morgan fingerprint density at radius 2 is 1.91 bits per heavy atom. The molecule has 2 aliphatic rings. The minimum atomic E-state index is -3.56. The molecule has 2 rings (SSSR count). The van der Waals surface area contributed by atoms with Gasteiger partial charge in [-0.05, 0) is 51.4 Å². The van der Waals surface area contributed by atoms with Crippen molar-refractivity contribution in [2.75, 3.05) is 25.4 Å². The van der Waals surface area contributed by atoms with Crippen LogP contribution in [-0.2, 0) is 19.6 Å². The average Bonchev–Trinajstić information content (AvgIpc) is 2.49. The van der Waals surface area contributed by atoms with E-state index in [9.17, 15) is 13.2 Å². The van der Waals surface area contributed by atoms with Crippen molar-refractivity contribution in [1.82, 2.24) is 9.62 Å². The Morgan fingerprint density at radius 1 is 1.22 bits per heavy atom. The number of sulfonamides is 1. The zero-order valence-electron chi connectivity index (χ0n) is 14.3. The lowest BCUT2D eigenvalue weighted by molar-refractivity contribution is -0.132.